The van der Waals surface area contributed by atoms with Gasteiger partial charge in [0.05, 0.1) is 6.10 Å². The Morgan fingerprint density at radius 1 is 1.20 bits per heavy atom. The molecule has 15 heavy (non-hydrogen) atoms. The molecule has 0 amide bonds. The van der Waals surface area contributed by atoms with Gasteiger partial charge in [-0.05, 0) is 24.5 Å². The Balaban J connectivity index is 2.19. The highest BCUT2D eigenvalue weighted by Gasteiger charge is 2.24. The number of rotatable bonds is 2. The van der Waals surface area contributed by atoms with Crippen LogP contribution in [0.5, 0.6) is 0 Å². The van der Waals surface area contributed by atoms with Crippen molar-refractivity contribution in [3.8, 4) is 0 Å². The van der Waals surface area contributed by atoms with E-state index in [-0.39, 0.29) is 17.8 Å². The molecule has 0 aliphatic heterocycles. The molecule has 0 saturated carbocycles. The van der Waals surface area contributed by atoms with E-state index in [0.717, 1.165) is 18.4 Å². The summed E-state index contributed by atoms with van der Waals surface area (Å²) in [6, 6.07) is 9.80. The molecule has 1 nitrogen and oxygen atoms in total. The van der Waals surface area contributed by atoms with E-state index in [1.165, 1.54) is 0 Å². The van der Waals surface area contributed by atoms with Gasteiger partial charge in [-0.2, -0.15) is 0 Å². The zero-order valence-electron chi connectivity index (χ0n) is 8.82. The van der Waals surface area contributed by atoms with E-state index < -0.39 is 0 Å². The van der Waals surface area contributed by atoms with Crippen LogP contribution in [0.2, 0.25) is 0 Å². The van der Waals surface area contributed by atoms with Crippen LogP contribution in [0.4, 0.5) is 4.39 Å². The fourth-order valence-corrected chi connectivity index (χ4v) is 2.04. The Bertz CT molecular complexity index is 345. The number of hydrogen-bond donors (Lipinski definition) is 0. The third-order valence-corrected chi connectivity index (χ3v) is 2.92. The molecule has 0 radical (unpaired) electrons. The van der Waals surface area contributed by atoms with Crippen LogP contribution in [-0.2, 0) is 4.74 Å². The van der Waals surface area contributed by atoms with E-state index in [0.29, 0.717) is 0 Å². The van der Waals surface area contributed by atoms with Gasteiger partial charge in [0.1, 0.15) is 5.83 Å². The lowest BCUT2D eigenvalue weighted by Crippen LogP contribution is -2.16. The highest BCUT2D eigenvalue weighted by atomic mass is 19.1. The average Bonchev–Trinajstić information content (AvgIpc) is 2.30. The van der Waals surface area contributed by atoms with Gasteiger partial charge in [0.25, 0.3) is 0 Å². The number of halogens is 1. The van der Waals surface area contributed by atoms with Gasteiger partial charge in [0.2, 0.25) is 0 Å². The Kier molecular flexibility index (Phi) is 3.17. The van der Waals surface area contributed by atoms with E-state index in [4.69, 9.17) is 4.74 Å². The second-order valence-corrected chi connectivity index (χ2v) is 3.87. The first-order valence-corrected chi connectivity index (χ1v) is 5.26. The smallest absolute Gasteiger partial charge is 0.106 e. The zero-order chi connectivity index (χ0) is 10.7. The second kappa shape index (κ2) is 4.58. The number of allylic oxidation sites excluding steroid dienone is 1. The molecule has 0 heterocycles. The number of benzene rings is 1. The molecule has 0 aromatic heterocycles. The van der Waals surface area contributed by atoms with E-state index in [2.05, 4.69) is 0 Å². The molecule has 2 rings (SSSR count). The molecule has 2 unspecified atom stereocenters. The maximum Gasteiger partial charge on any atom is 0.106 e. The molecule has 2 heteroatoms. The fourth-order valence-electron chi connectivity index (χ4n) is 2.04. The summed E-state index contributed by atoms with van der Waals surface area (Å²) in [5.74, 6) is -0.128. The van der Waals surface area contributed by atoms with E-state index in [1.54, 1.807) is 13.2 Å². The summed E-state index contributed by atoms with van der Waals surface area (Å²) >= 11 is 0. The van der Waals surface area contributed by atoms with Crippen LogP contribution in [-0.4, -0.2) is 13.2 Å². The summed E-state index contributed by atoms with van der Waals surface area (Å²) in [4.78, 5) is 0. The predicted molar refractivity (Wildman–Crippen MR) is 58.4 cm³/mol. The van der Waals surface area contributed by atoms with Gasteiger partial charge >= 0.3 is 0 Å². The Morgan fingerprint density at radius 3 is 2.53 bits per heavy atom. The average molecular weight is 206 g/mol. The first kappa shape index (κ1) is 10.4. The zero-order valence-corrected chi connectivity index (χ0v) is 8.82. The van der Waals surface area contributed by atoms with Crippen molar-refractivity contribution in [1.29, 1.82) is 0 Å². The van der Waals surface area contributed by atoms with Crippen molar-refractivity contribution in [2.75, 3.05) is 7.11 Å². The molecule has 80 valence electrons. The monoisotopic (exact) mass is 206 g/mol. The van der Waals surface area contributed by atoms with Crippen LogP contribution in [0.25, 0.3) is 0 Å². The molecule has 1 aliphatic carbocycles. The molecular weight excluding hydrogens is 191 g/mol. The largest absolute Gasteiger partial charge is 0.377 e. The van der Waals surface area contributed by atoms with Crippen LogP contribution >= 0.6 is 0 Å². The lowest BCUT2D eigenvalue weighted by Gasteiger charge is -2.24. The minimum Gasteiger partial charge on any atom is -0.377 e. The predicted octanol–water partition coefficient (Wildman–Crippen LogP) is 3.43. The standard InChI is InChI=1S/C13H15FO/c1-15-11-7-8-12(13(14)9-11)10-5-3-2-4-6-10/h2-6,9,11-12H,7-8H2,1H3. The summed E-state index contributed by atoms with van der Waals surface area (Å²) in [6.07, 6.45) is 3.26. The SMILES string of the molecule is COC1C=C(F)C(c2ccccc2)CC1. The first-order valence-electron chi connectivity index (χ1n) is 5.26. The normalized spacial score (nSPS) is 26.1. The Hall–Kier alpha value is -1.15. The molecule has 1 aromatic rings. The van der Waals surface area contributed by atoms with E-state index >= 15 is 0 Å². The van der Waals surface area contributed by atoms with Crippen molar-refractivity contribution in [3.63, 3.8) is 0 Å². The lowest BCUT2D eigenvalue weighted by molar-refractivity contribution is 0.120. The van der Waals surface area contributed by atoms with Crippen LogP contribution in [0.15, 0.2) is 42.2 Å². The molecule has 1 aromatic carbocycles. The van der Waals surface area contributed by atoms with Crippen molar-refractivity contribution in [2.45, 2.75) is 24.9 Å². The van der Waals surface area contributed by atoms with E-state index in [9.17, 15) is 4.39 Å². The Labute approximate surface area is 89.6 Å². The highest BCUT2D eigenvalue weighted by molar-refractivity contribution is 5.28. The summed E-state index contributed by atoms with van der Waals surface area (Å²) in [7, 11) is 1.62. The summed E-state index contributed by atoms with van der Waals surface area (Å²) < 4.78 is 18.9. The minimum absolute atomic E-state index is 0.0510. The highest BCUT2D eigenvalue weighted by Crippen LogP contribution is 2.35. The second-order valence-electron chi connectivity index (χ2n) is 3.87. The number of hydrogen-bond acceptors (Lipinski definition) is 1. The van der Waals surface area contributed by atoms with Gasteiger partial charge in [-0.25, -0.2) is 4.39 Å². The van der Waals surface area contributed by atoms with Gasteiger partial charge in [0, 0.05) is 13.0 Å². The van der Waals surface area contributed by atoms with Crippen LogP contribution in [0.1, 0.15) is 24.3 Å². The van der Waals surface area contributed by atoms with Crippen LogP contribution in [0.3, 0.4) is 0 Å². The third kappa shape index (κ3) is 2.26. The third-order valence-electron chi connectivity index (χ3n) is 2.92. The molecule has 0 fully saturated rings. The quantitative estimate of drug-likeness (QED) is 0.720. The molecule has 2 atom stereocenters. The molecule has 1 aliphatic rings. The molecule has 0 saturated heterocycles. The molecular formula is C13H15FO. The van der Waals surface area contributed by atoms with E-state index in [1.807, 2.05) is 30.3 Å². The van der Waals surface area contributed by atoms with Gasteiger partial charge in [-0.1, -0.05) is 30.3 Å². The van der Waals surface area contributed by atoms with Gasteiger partial charge in [-0.3, -0.25) is 0 Å². The first-order chi connectivity index (χ1) is 7.31. The maximum absolute atomic E-state index is 13.8. The van der Waals surface area contributed by atoms with Crippen molar-refractivity contribution < 1.29 is 9.13 Å². The van der Waals surface area contributed by atoms with Gasteiger partial charge in [0.15, 0.2) is 0 Å². The molecule has 0 N–H and O–H groups in total. The van der Waals surface area contributed by atoms with Crippen LogP contribution in [0, 0.1) is 0 Å². The summed E-state index contributed by atoms with van der Waals surface area (Å²) in [5.41, 5.74) is 1.06. The van der Waals surface area contributed by atoms with Crippen molar-refractivity contribution in [2.24, 2.45) is 0 Å². The van der Waals surface area contributed by atoms with Crippen molar-refractivity contribution in [1.82, 2.24) is 0 Å². The summed E-state index contributed by atoms with van der Waals surface area (Å²) in [6.45, 7) is 0. The lowest BCUT2D eigenvalue weighted by atomic mass is 9.87. The maximum atomic E-state index is 13.8. The minimum atomic E-state index is -0.0717. The molecule has 0 spiro atoms. The van der Waals surface area contributed by atoms with Crippen molar-refractivity contribution in [3.05, 3.63) is 47.8 Å². The van der Waals surface area contributed by atoms with Crippen molar-refractivity contribution >= 4 is 0 Å². The number of methoxy groups -OCH3 is 1. The van der Waals surface area contributed by atoms with Gasteiger partial charge in [-0.15, -0.1) is 0 Å². The molecule has 0 bridgehead atoms. The van der Waals surface area contributed by atoms with Crippen LogP contribution < -0.4 is 0 Å². The van der Waals surface area contributed by atoms with Gasteiger partial charge < -0.3 is 4.74 Å². The Morgan fingerprint density at radius 2 is 1.93 bits per heavy atom. The number of ether oxygens (including phenoxy) is 1. The topological polar surface area (TPSA) is 9.23 Å². The fraction of sp³-hybridized carbons (Fsp3) is 0.385. The summed E-state index contributed by atoms with van der Waals surface area (Å²) in [5, 5.41) is 0.